The average Bonchev–Trinajstić information content (AvgIpc) is 3.25. The minimum Gasteiger partial charge on any atom is -0.385 e. The van der Waals surface area contributed by atoms with E-state index in [4.69, 9.17) is 9.47 Å². The van der Waals surface area contributed by atoms with E-state index in [2.05, 4.69) is 10.6 Å². The molecule has 0 saturated heterocycles. The van der Waals surface area contributed by atoms with Gasteiger partial charge in [-0.2, -0.15) is 0 Å². The molecule has 4 aromatic rings. The number of aryl methyl sites for hydroxylation is 1. The van der Waals surface area contributed by atoms with Gasteiger partial charge in [0.15, 0.2) is 0 Å². The molecule has 2 N–H and O–H groups in total. The third kappa shape index (κ3) is 8.13. The molecule has 3 unspecified atom stereocenters. The fraction of sp³-hybridized carbons (Fsp3) is 0.368. The summed E-state index contributed by atoms with van der Waals surface area (Å²) in [6.07, 6.45) is 3.22. The van der Waals surface area contributed by atoms with Gasteiger partial charge in [-0.1, -0.05) is 54.6 Å². The van der Waals surface area contributed by atoms with Crippen LogP contribution < -0.4 is 19.2 Å². The Balaban J connectivity index is 0.000000202. The van der Waals surface area contributed by atoms with Crippen LogP contribution in [0.3, 0.4) is 0 Å². The molecule has 14 heteroatoms. The van der Waals surface area contributed by atoms with E-state index in [1.807, 2.05) is 67.6 Å². The molecule has 0 fully saturated rings. The summed E-state index contributed by atoms with van der Waals surface area (Å²) in [5, 5.41) is 6.98. The van der Waals surface area contributed by atoms with Crippen molar-refractivity contribution in [2.45, 2.75) is 46.5 Å². The first-order chi connectivity index (χ1) is 24.8. The van der Waals surface area contributed by atoms with Gasteiger partial charge in [-0.05, 0) is 91.0 Å². The van der Waals surface area contributed by atoms with Gasteiger partial charge in [0.2, 0.25) is 0 Å². The highest BCUT2D eigenvalue weighted by Crippen LogP contribution is 2.42. The van der Waals surface area contributed by atoms with Crippen molar-refractivity contribution in [1.82, 2.24) is 10.6 Å². The summed E-state index contributed by atoms with van der Waals surface area (Å²) >= 11 is 0. The van der Waals surface area contributed by atoms with Crippen LogP contribution in [0.4, 0.5) is 11.4 Å². The molecule has 0 amide bonds. The minimum absolute atomic E-state index is 0.177. The molecule has 0 aliphatic carbocycles. The van der Waals surface area contributed by atoms with Gasteiger partial charge in [-0.3, -0.25) is 12.8 Å². The van der Waals surface area contributed by atoms with Crippen molar-refractivity contribution >= 4 is 42.2 Å². The van der Waals surface area contributed by atoms with Crippen LogP contribution in [0, 0.1) is 6.92 Å². The standard InChI is InChI=1S/C19H24N2O4S2.C19H24N2O3S/c1-21-17-8-5-4-7-15(17)19(20-11-6-12-25-2)16-10-9-14(26(3)22)13-18(16)27(21,23)24;1-14-9-10-16-18(13-14)25(22,23)21(2)17-8-5-4-7-15(17)19(16)20-11-6-12-24-3/h4-5,7-10,13,19-20H,6,11-12H2,1-3H3;4-5,7-10,13,19-20H,6,11-12H2,1-3H3. The second-order valence-electron chi connectivity index (χ2n) is 12.7. The Hall–Kier alpha value is -3.63. The van der Waals surface area contributed by atoms with Gasteiger partial charge in [0.05, 0.1) is 33.2 Å². The van der Waals surface area contributed by atoms with Crippen molar-refractivity contribution in [3.63, 3.8) is 0 Å². The highest BCUT2D eigenvalue weighted by molar-refractivity contribution is 7.93. The van der Waals surface area contributed by atoms with E-state index in [1.165, 1.54) is 14.7 Å². The van der Waals surface area contributed by atoms with Crippen LogP contribution in [-0.2, 0) is 40.3 Å². The first-order valence-corrected chi connectivity index (χ1v) is 21.5. The maximum Gasteiger partial charge on any atom is 0.264 e. The highest BCUT2D eigenvalue weighted by atomic mass is 32.2. The number of nitrogens with zero attached hydrogens (tertiary/aromatic N) is 2. The number of methoxy groups -OCH3 is 2. The van der Waals surface area contributed by atoms with Crippen molar-refractivity contribution in [2.24, 2.45) is 0 Å². The molecule has 3 atom stereocenters. The largest absolute Gasteiger partial charge is 0.385 e. The summed E-state index contributed by atoms with van der Waals surface area (Å²) in [7, 11) is -2.11. The average molecular weight is 769 g/mol. The summed E-state index contributed by atoms with van der Waals surface area (Å²) in [5.41, 5.74) is 5.59. The third-order valence-corrected chi connectivity index (χ3v) is 13.9. The number of nitrogens with one attached hydrogen (secondary N) is 2. The number of hydrogen-bond donors (Lipinski definition) is 2. The molecule has 6 rings (SSSR count). The predicted octanol–water partition coefficient (Wildman–Crippen LogP) is 5.13. The number of anilines is 2. The normalized spacial score (nSPS) is 18.7. The zero-order valence-corrected chi connectivity index (χ0v) is 32.9. The minimum atomic E-state index is -3.76. The lowest BCUT2D eigenvalue weighted by Gasteiger charge is -2.22. The van der Waals surface area contributed by atoms with Crippen molar-refractivity contribution in [3.05, 3.63) is 113 Å². The monoisotopic (exact) mass is 768 g/mol. The molecule has 2 heterocycles. The fourth-order valence-electron chi connectivity index (χ4n) is 6.55. The van der Waals surface area contributed by atoms with E-state index in [0.717, 1.165) is 41.6 Å². The van der Waals surface area contributed by atoms with Gasteiger partial charge in [0.25, 0.3) is 20.0 Å². The maximum atomic E-state index is 13.3. The molecule has 0 aromatic heterocycles. The summed E-state index contributed by atoms with van der Waals surface area (Å²) in [5.74, 6) is 0. The zero-order valence-electron chi connectivity index (χ0n) is 30.5. The van der Waals surface area contributed by atoms with Crippen LogP contribution in [0.5, 0.6) is 0 Å². The van der Waals surface area contributed by atoms with E-state index in [1.54, 1.807) is 52.8 Å². The van der Waals surface area contributed by atoms with Gasteiger partial charge >= 0.3 is 0 Å². The molecule has 280 valence electrons. The summed E-state index contributed by atoms with van der Waals surface area (Å²) in [6, 6.07) is 25.4. The molecule has 2 aliphatic heterocycles. The Morgan fingerprint density at radius 3 is 1.56 bits per heavy atom. The number of fused-ring (bicyclic) bond motifs is 4. The predicted molar refractivity (Wildman–Crippen MR) is 207 cm³/mol. The summed E-state index contributed by atoms with van der Waals surface area (Å²) in [4.78, 5) is 1.06. The molecule has 2 aliphatic rings. The van der Waals surface area contributed by atoms with E-state index in [0.29, 0.717) is 46.5 Å². The molecule has 0 radical (unpaired) electrons. The number of benzene rings is 4. The highest BCUT2D eigenvalue weighted by Gasteiger charge is 2.36. The molecule has 11 nitrogen and oxygen atoms in total. The molecular weight excluding hydrogens is 721 g/mol. The van der Waals surface area contributed by atoms with E-state index >= 15 is 0 Å². The molecular formula is C38H48N4O7S3. The lowest BCUT2D eigenvalue weighted by atomic mass is 9.96. The zero-order chi connectivity index (χ0) is 37.6. The topological polar surface area (TPSA) is 134 Å². The Morgan fingerprint density at radius 2 is 1.10 bits per heavy atom. The van der Waals surface area contributed by atoms with Crippen LogP contribution in [0.1, 0.15) is 52.7 Å². The van der Waals surface area contributed by atoms with Crippen LogP contribution in [0.25, 0.3) is 0 Å². The van der Waals surface area contributed by atoms with Gasteiger partial charge in [0.1, 0.15) is 0 Å². The molecule has 0 bridgehead atoms. The van der Waals surface area contributed by atoms with Crippen LogP contribution in [-0.4, -0.2) is 81.9 Å². The number of rotatable bonds is 11. The van der Waals surface area contributed by atoms with Crippen LogP contribution >= 0.6 is 0 Å². The van der Waals surface area contributed by atoms with Crippen LogP contribution in [0.15, 0.2) is 99.6 Å². The van der Waals surface area contributed by atoms with Gasteiger partial charge < -0.3 is 20.1 Å². The van der Waals surface area contributed by atoms with Crippen molar-refractivity contribution in [1.29, 1.82) is 0 Å². The van der Waals surface area contributed by atoms with Crippen LogP contribution in [0.2, 0.25) is 0 Å². The quantitative estimate of drug-likeness (QED) is 0.199. The van der Waals surface area contributed by atoms with Crippen molar-refractivity contribution < 1.29 is 30.5 Å². The maximum absolute atomic E-state index is 13.3. The number of ether oxygens (including phenoxy) is 2. The summed E-state index contributed by atoms with van der Waals surface area (Å²) < 4.78 is 77.6. The summed E-state index contributed by atoms with van der Waals surface area (Å²) in [6.45, 7) is 4.62. The van der Waals surface area contributed by atoms with Gasteiger partial charge in [-0.15, -0.1) is 0 Å². The SMILES string of the molecule is COCCCNC1c2ccccc2N(C)S(=O)(=O)c2cc(C)ccc21.COCCCNC1c2ccccc2N(C)S(=O)(=O)c2cc(S(C)=O)ccc21. The van der Waals surface area contributed by atoms with Gasteiger partial charge in [0, 0.05) is 63.5 Å². The second-order valence-corrected chi connectivity index (χ2v) is 18.0. The number of sulfonamides is 2. The smallest absolute Gasteiger partial charge is 0.264 e. The van der Waals surface area contributed by atoms with E-state index in [-0.39, 0.29) is 17.0 Å². The van der Waals surface area contributed by atoms with Crippen molar-refractivity contribution in [3.8, 4) is 0 Å². The Morgan fingerprint density at radius 1 is 0.654 bits per heavy atom. The van der Waals surface area contributed by atoms with Gasteiger partial charge in [-0.25, -0.2) is 16.8 Å². The van der Waals surface area contributed by atoms with E-state index in [9.17, 15) is 21.0 Å². The number of hydrogen-bond acceptors (Lipinski definition) is 9. The van der Waals surface area contributed by atoms with Crippen molar-refractivity contribution in [2.75, 3.05) is 69.5 Å². The third-order valence-electron chi connectivity index (χ3n) is 9.31. The second kappa shape index (κ2) is 17.0. The lowest BCUT2D eigenvalue weighted by Crippen LogP contribution is -2.26. The first kappa shape index (κ1) is 39.6. The molecule has 4 aromatic carbocycles. The first-order valence-electron chi connectivity index (χ1n) is 17.0. The molecule has 0 saturated carbocycles. The van der Waals surface area contributed by atoms with E-state index < -0.39 is 30.8 Å². The Kier molecular flexibility index (Phi) is 12.9. The Labute approximate surface area is 310 Å². The number of para-hydroxylation sites is 2. The lowest BCUT2D eigenvalue weighted by molar-refractivity contribution is 0.193. The Bertz CT molecular complexity index is 2130. The molecule has 52 heavy (non-hydrogen) atoms. The molecule has 0 spiro atoms. The fourth-order valence-corrected chi connectivity index (χ4v) is 10.2.